The molecule has 3 aromatic rings. The number of fused-ring (bicyclic) bond motifs is 1. The summed E-state index contributed by atoms with van der Waals surface area (Å²) in [6.45, 7) is 2.54. The predicted molar refractivity (Wildman–Crippen MR) is 146 cm³/mol. The van der Waals surface area contributed by atoms with Gasteiger partial charge in [-0.2, -0.15) is 0 Å². The molecule has 0 saturated heterocycles. The fourth-order valence-corrected chi connectivity index (χ4v) is 5.17. The van der Waals surface area contributed by atoms with E-state index in [0.717, 1.165) is 69.3 Å². The Morgan fingerprint density at radius 3 is 2.53 bits per heavy atom. The van der Waals surface area contributed by atoms with Crippen LogP contribution in [0.4, 0.5) is 5.69 Å². The number of benzene rings is 3. The Morgan fingerprint density at radius 2 is 1.72 bits per heavy atom. The van der Waals surface area contributed by atoms with Gasteiger partial charge in [-0.15, -0.1) is 0 Å². The van der Waals surface area contributed by atoms with Crippen molar-refractivity contribution < 1.29 is 14.6 Å². The minimum absolute atomic E-state index is 0.363. The molecule has 0 heterocycles. The van der Waals surface area contributed by atoms with Gasteiger partial charge in [0.2, 0.25) is 0 Å². The second-order valence-corrected chi connectivity index (χ2v) is 10.1. The molecule has 1 atom stereocenters. The van der Waals surface area contributed by atoms with E-state index in [-0.39, 0.29) is 0 Å². The summed E-state index contributed by atoms with van der Waals surface area (Å²) in [6.07, 6.45) is 7.78. The van der Waals surface area contributed by atoms with E-state index >= 15 is 0 Å². The molecule has 2 aliphatic rings. The number of hydrogen-bond acceptors (Lipinski definition) is 5. The van der Waals surface area contributed by atoms with Crippen molar-refractivity contribution in [2.75, 3.05) is 32.1 Å². The van der Waals surface area contributed by atoms with Gasteiger partial charge in [-0.1, -0.05) is 24.3 Å². The maximum atomic E-state index is 9.82. The number of phenols is 1. The molecule has 0 aliphatic heterocycles. The largest absolute Gasteiger partial charge is 0.508 e. The van der Waals surface area contributed by atoms with Crippen molar-refractivity contribution in [2.24, 2.45) is 0 Å². The van der Waals surface area contributed by atoms with E-state index in [1.807, 2.05) is 6.07 Å². The molecule has 0 amide bonds. The lowest BCUT2D eigenvalue weighted by Gasteiger charge is -2.27. The van der Waals surface area contributed by atoms with Gasteiger partial charge in [0.1, 0.15) is 23.9 Å². The van der Waals surface area contributed by atoms with E-state index in [1.54, 1.807) is 13.2 Å². The van der Waals surface area contributed by atoms with Crippen molar-refractivity contribution in [3.63, 3.8) is 0 Å². The van der Waals surface area contributed by atoms with E-state index in [9.17, 15) is 5.11 Å². The van der Waals surface area contributed by atoms with Gasteiger partial charge < -0.3 is 25.2 Å². The van der Waals surface area contributed by atoms with Gasteiger partial charge in [-0.3, -0.25) is 0 Å². The molecule has 0 aromatic heterocycles. The molecule has 1 saturated carbocycles. The minimum Gasteiger partial charge on any atom is -0.508 e. The van der Waals surface area contributed by atoms with E-state index in [1.165, 1.54) is 40.8 Å². The van der Waals surface area contributed by atoms with Crippen LogP contribution in [0.5, 0.6) is 17.2 Å². The minimum atomic E-state index is 0.363. The average molecular weight is 487 g/mol. The first kappa shape index (κ1) is 24.5. The van der Waals surface area contributed by atoms with Crippen molar-refractivity contribution in [3.8, 4) is 17.2 Å². The molecule has 3 aromatic carbocycles. The summed E-state index contributed by atoms with van der Waals surface area (Å²) in [5.41, 5.74) is 6.48. The molecule has 190 valence electrons. The zero-order valence-corrected chi connectivity index (χ0v) is 21.3. The topological polar surface area (TPSA) is 62.8 Å². The van der Waals surface area contributed by atoms with E-state index < -0.39 is 0 Å². The van der Waals surface area contributed by atoms with Crippen molar-refractivity contribution in [1.29, 1.82) is 0 Å². The molecular weight excluding hydrogens is 448 g/mol. The third-order valence-electron chi connectivity index (χ3n) is 7.38. The van der Waals surface area contributed by atoms with Crippen LogP contribution in [0.2, 0.25) is 0 Å². The molecule has 36 heavy (non-hydrogen) atoms. The summed E-state index contributed by atoms with van der Waals surface area (Å²) in [5, 5.41) is 17.0. The number of hydrogen-bond donors (Lipinski definition) is 3. The number of nitrogens with one attached hydrogen (secondary N) is 2. The van der Waals surface area contributed by atoms with Gasteiger partial charge in [0.05, 0.1) is 7.11 Å². The first-order valence-corrected chi connectivity index (χ1v) is 13.4. The summed E-state index contributed by atoms with van der Waals surface area (Å²) in [5.74, 6) is 2.65. The highest BCUT2D eigenvalue weighted by Gasteiger charge is 2.23. The van der Waals surface area contributed by atoms with Crippen LogP contribution in [-0.2, 0) is 19.3 Å². The Morgan fingerprint density at radius 1 is 0.889 bits per heavy atom. The van der Waals surface area contributed by atoms with Crippen LogP contribution in [0.1, 0.15) is 53.9 Å². The Kier molecular flexibility index (Phi) is 7.97. The Hall–Kier alpha value is -3.18. The molecular formula is C31H38N2O3. The SMILES string of the molecule is COc1ccc(C2CCc3cc(O)ccc3C2)c(NCCCc2ccc(OCCNC3CC3)cc2)c1. The van der Waals surface area contributed by atoms with Crippen molar-refractivity contribution in [1.82, 2.24) is 5.32 Å². The molecule has 1 unspecified atom stereocenters. The standard InChI is InChI=1S/C31H38N2O3/c1-35-29-14-15-30(25-7-6-24-20-27(34)11-8-23(24)19-25)31(21-29)33-16-2-3-22-4-12-28(13-5-22)36-18-17-32-26-9-10-26/h4-5,8,11-15,20-21,25-26,32-34H,2-3,6-7,9-10,16-19H2,1H3. The third kappa shape index (κ3) is 6.52. The molecule has 5 nitrogen and oxygen atoms in total. The van der Waals surface area contributed by atoms with Gasteiger partial charge in [0.25, 0.3) is 0 Å². The molecule has 0 spiro atoms. The quantitative estimate of drug-likeness (QED) is 0.280. The molecule has 1 fully saturated rings. The van der Waals surface area contributed by atoms with Crippen LogP contribution >= 0.6 is 0 Å². The molecule has 0 bridgehead atoms. The van der Waals surface area contributed by atoms with Crippen LogP contribution < -0.4 is 20.1 Å². The Bertz CT molecular complexity index is 1140. The summed E-state index contributed by atoms with van der Waals surface area (Å²) in [6, 6.07) is 21.5. The highest BCUT2D eigenvalue weighted by atomic mass is 16.5. The number of ether oxygens (including phenoxy) is 2. The van der Waals surface area contributed by atoms with Gasteiger partial charge in [0, 0.05) is 30.9 Å². The molecule has 5 heteroatoms. The maximum absolute atomic E-state index is 9.82. The van der Waals surface area contributed by atoms with Crippen LogP contribution in [0.15, 0.2) is 60.7 Å². The molecule has 2 aliphatic carbocycles. The second kappa shape index (κ2) is 11.7. The summed E-state index contributed by atoms with van der Waals surface area (Å²) in [4.78, 5) is 0. The fourth-order valence-electron chi connectivity index (χ4n) is 5.17. The number of rotatable bonds is 12. The zero-order chi connectivity index (χ0) is 24.7. The van der Waals surface area contributed by atoms with Crippen molar-refractivity contribution in [3.05, 3.63) is 82.9 Å². The number of aryl methyl sites for hydroxylation is 2. The van der Waals surface area contributed by atoms with Crippen molar-refractivity contribution >= 4 is 5.69 Å². The van der Waals surface area contributed by atoms with Gasteiger partial charge in [0.15, 0.2) is 0 Å². The number of aromatic hydroxyl groups is 1. The summed E-state index contributed by atoms with van der Waals surface area (Å²) in [7, 11) is 1.72. The van der Waals surface area contributed by atoms with E-state index in [2.05, 4.69) is 59.2 Å². The molecule has 0 radical (unpaired) electrons. The van der Waals surface area contributed by atoms with Gasteiger partial charge >= 0.3 is 0 Å². The fraction of sp³-hybridized carbons (Fsp3) is 0.419. The third-order valence-corrected chi connectivity index (χ3v) is 7.38. The van der Waals surface area contributed by atoms with Crippen LogP contribution in [-0.4, -0.2) is 38.0 Å². The normalized spacial score (nSPS) is 16.9. The number of phenolic OH excluding ortho intramolecular Hbond substituents is 1. The predicted octanol–water partition coefficient (Wildman–Crippen LogP) is 5.85. The number of methoxy groups -OCH3 is 1. The van der Waals surface area contributed by atoms with Crippen LogP contribution in [0, 0.1) is 0 Å². The Balaban J connectivity index is 1.13. The van der Waals surface area contributed by atoms with Gasteiger partial charge in [-0.25, -0.2) is 0 Å². The highest BCUT2D eigenvalue weighted by Crippen LogP contribution is 2.38. The highest BCUT2D eigenvalue weighted by molar-refractivity contribution is 5.57. The lowest BCUT2D eigenvalue weighted by atomic mass is 9.79. The average Bonchev–Trinajstić information content (AvgIpc) is 3.74. The maximum Gasteiger partial charge on any atom is 0.120 e. The zero-order valence-electron chi connectivity index (χ0n) is 21.3. The van der Waals surface area contributed by atoms with Gasteiger partial charge in [-0.05, 0) is 103 Å². The van der Waals surface area contributed by atoms with Crippen LogP contribution in [0.3, 0.4) is 0 Å². The first-order chi connectivity index (χ1) is 17.7. The number of anilines is 1. The van der Waals surface area contributed by atoms with E-state index in [0.29, 0.717) is 11.7 Å². The smallest absolute Gasteiger partial charge is 0.120 e. The lowest BCUT2D eigenvalue weighted by molar-refractivity contribution is 0.313. The van der Waals surface area contributed by atoms with E-state index in [4.69, 9.17) is 9.47 Å². The second-order valence-electron chi connectivity index (χ2n) is 10.1. The summed E-state index contributed by atoms with van der Waals surface area (Å²) < 4.78 is 11.4. The monoisotopic (exact) mass is 486 g/mol. The first-order valence-electron chi connectivity index (χ1n) is 13.4. The van der Waals surface area contributed by atoms with Crippen LogP contribution in [0.25, 0.3) is 0 Å². The molecule has 5 rings (SSSR count). The lowest BCUT2D eigenvalue weighted by Crippen LogP contribution is -2.22. The molecule has 3 N–H and O–H groups in total. The summed E-state index contributed by atoms with van der Waals surface area (Å²) >= 11 is 0. The Labute approximate surface area is 214 Å². The van der Waals surface area contributed by atoms with Crippen molar-refractivity contribution in [2.45, 2.75) is 56.9 Å².